The molecular weight excluding hydrogens is 362 g/mol. The average Bonchev–Trinajstić information content (AvgIpc) is 3.37. The van der Waals surface area contributed by atoms with Crippen molar-refractivity contribution in [2.75, 3.05) is 18.9 Å². The van der Waals surface area contributed by atoms with Gasteiger partial charge >= 0.3 is 0 Å². The number of aromatic nitrogens is 2. The number of amides is 1. The number of benzene rings is 2. The van der Waals surface area contributed by atoms with E-state index in [-0.39, 0.29) is 17.4 Å². The van der Waals surface area contributed by atoms with Crippen LogP contribution in [-0.4, -0.2) is 29.7 Å². The lowest BCUT2D eigenvalue weighted by atomic mass is 10.1. The Labute approximate surface area is 160 Å². The van der Waals surface area contributed by atoms with Gasteiger partial charge in [0.25, 0.3) is 0 Å². The van der Waals surface area contributed by atoms with Gasteiger partial charge in [0.1, 0.15) is 11.6 Å². The number of anilines is 1. The molecule has 1 heterocycles. The van der Waals surface area contributed by atoms with E-state index in [1.165, 1.54) is 18.2 Å². The Morgan fingerprint density at radius 1 is 1.21 bits per heavy atom. The maximum absolute atomic E-state index is 14.4. The third kappa shape index (κ3) is 3.53. The quantitative estimate of drug-likeness (QED) is 0.605. The summed E-state index contributed by atoms with van der Waals surface area (Å²) in [4.78, 5) is 12.6. The fourth-order valence-corrected chi connectivity index (χ4v) is 3.26. The van der Waals surface area contributed by atoms with Gasteiger partial charge in [-0.2, -0.15) is 5.10 Å². The maximum atomic E-state index is 14.4. The molecule has 28 heavy (non-hydrogen) atoms. The third-order valence-electron chi connectivity index (χ3n) is 5.08. The first-order valence-electron chi connectivity index (χ1n) is 9.08. The van der Waals surface area contributed by atoms with Gasteiger partial charge in [0, 0.05) is 18.0 Å². The molecule has 0 atom stereocenters. The minimum atomic E-state index is -0.515. The molecule has 4 rings (SSSR count). The van der Waals surface area contributed by atoms with Gasteiger partial charge in [-0.3, -0.25) is 9.89 Å². The lowest BCUT2D eigenvalue weighted by Gasteiger charge is -2.15. The molecule has 1 aromatic heterocycles. The first-order chi connectivity index (χ1) is 13.5. The first-order valence-corrected chi connectivity index (χ1v) is 9.08. The predicted molar refractivity (Wildman–Crippen MR) is 106 cm³/mol. The Hall–Kier alpha value is -3.06. The largest absolute Gasteiger partial charge is 0.323 e. The van der Waals surface area contributed by atoms with E-state index in [1.807, 2.05) is 0 Å². The first kappa shape index (κ1) is 18.3. The lowest BCUT2D eigenvalue weighted by Crippen LogP contribution is -2.32. The molecule has 144 valence electrons. The number of rotatable bonds is 6. The molecule has 5 nitrogen and oxygen atoms in total. The van der Waals surface area contributed by atoms with Crippen LogP contribution in [0, 0.1) is 17.0 Å². The number of hydrogen-bond donors (Lipinski definition) is 3. The molecule has 2 aromatic carbocycles. The summed E-state index contributed by atoms with van der Waals surface area (Å²) in [6.07, 6.45) is 5.14. The van der Waals surface area contributed by atoms with Crippen LogP contribution in [0.15, 0.2) is 36.4 Å². The Morgan fingerprint density at radius 3 is 2.64 bits per heavy atom. The van der Waals surface area contributed by atoms with Crippen molar-refractivity contribution in [2.24, 2.45) is 5.41 Å². The van der Waals surface area contributed by atoms with Crippen LogP contribution in [0.5, 0.6) is 0 Å². The SMILES string of the molecule is CNCC1(C(=O)Nc2cc3c(C=Cc4ccc(F)cc4)n[nH]c3cc2F)CC1. The van der Waals surface area contributed by atoms with Crippen molar-refractivity contribution in [1.29, 1.82) is 0 Å². The van der Waals surface area contributed by atoms with Gasteiger partial charge in [0.05, 0.1) is 22.3 Å². The van der Waals surface area contributed by atoms with Crippen molar-refractivity contribution in [3.8, 4) is 0 Å². The van der Waals surface area contributed by atoms with E-state index in [2.05, 4.69) is 20.8 Å². The summed E-state index contributed by atoms with van der Waals surface area (Å²) in [6.45, 7) is 0.570. The van der Waals surface area contributed by atoms with E-state index in [1.54, 1.807) is 37.4 Å². The van der Waals surface area contributed by atoms with Crippen LogP contribution in [0.1, 0.15) is 24.1 Å². The second kappa shape index (κ2) is 7.16. The summed E-state index contributed by atoms with van der Waals surface area (Å²) >= 11 is 0. The van der Waals surface area contributed by atoms with Crippen molar-refractivity contribution < 1.29 is 13.6 Å². The number of nitrogens with zero attached hydrogens (tertiary/aromatic N) is 1. The van der Waals surface area contributed by atoms with E-state index in [0.717, 1.165) is 18.4 Å². The van der Waals surface area contributed by atoms with Crippen LogP contribution < -0.4 is 10.6 Å². The van der Waals surface area contributed by atoms with Crippen LogP contribution in [0.2, 0.25) is 0 Å². The molecule has 3 N–H and O–H groups in total. The summed E-state index contributed by atoms with van der Waals surface area (Å²) in [5.74, 6) is -0.990. The zero-order valence-electron chi connectivity index (χ0n) is 15.4. The second-order valence-corrected chi connectivity index (χ2v) is 7.14. The van der Waals surface area contributed by atoms with Crippen molar-refractivity contribution >= 4 is 34.6 Å². The number of H-pyrrole nitrogens is 1. The molecule has 7 heteroatoms. The molecule has 1 aliphatic carbocycles. The fraction of sp³-hybridized carbons (Fsp3) is 0.238. The van der Waals surface area contributed by atoms with Crippen LogP contribution in [0.3, 0.4) is 0 Å². The number of aromatic amines is 1. The highest BCUT2D eigenvalue weighted by Gasteiger charge is 2.49. The molecule has 0 aliphatic heterocycles. The highest BCUT2D eigenvalue weighted by Crippen LogP contribution is 2.46. The number of fused-ring (bicyclic) bond motifs is 1. The Kier molecular flexibility index (Phi) is 4.68. The van der Waals surface area contributed by atoms with E-state index in [9.17, 15) is 13.6 Å². The number of carbonyl (C=O) groups excluding carboxylic acids is 1. The van der Waals surface area contributed by atoms with Crippen LogP contribution in [0.4, 0.5) is 14.5 Å². The summed E-state index contributed by atoms with van der Waals surface area (Å²) in [7, 11) is 1.80. The molecule has 0 spiro atoms. The normalized spacial score (nSPS) is 15.2. The van der Waals surface area contributed by atoms with E-state index in [0.29, 0.717) is 23.1 Å². The van der Waals surface area contributed by atoms with Crippen molar-refractivity contribution in [3.05, 3.63) is 59.3 Å². The molecule has 0 saturated heterocycles. The molecule has 1 saturated carbocycles. The Morgan fingerprint density at radius 2 is 1.96 bits per heavy atom. The van der Waals surface area contributed by atoms with Crippen molar-refractivity contribution in [2.45, 2.75) is 12.8 Å². The predicted octanol–water partition coefficient (Wildman–Crippen LogP) is 3.95. The van der Waals surface area contributed by atoms with Crippen molar-refractivity contribution in [3.63, 3.8) is 0 Å². The van der Waals surface area contributed by atoms with Gasteiger partial charge in [0.15, 0.2) is 0 Å². The van der Waals surface area contributed by atoms with E-state index in [4.69, 9.17) is 0 Å². The summed E-state index contributed by atoms with van der Waals surface area (Å²) in [5, 5.41) is 13.4. The van der Waals surface area contributed by atoms with Crippen LogP contribution >= 0.6 is 0 Å². The topological polar surface area (TPSA) is 69.8 Å². The summed E-state index contributed by atoms with van der Waals surface area (Å²) in [5.41, 5.74) is 1.64. The number of carbonyl (C=O) groups is 1. The van der Waals surface area contributed by atoms with Crippen LogP contribution in [0.25, 0.3) is 23.1 Å². The smallest absolute Gasteiger partial charge is 0.231 e. The average molecular weight is 382 g/mol. The Balaban J connectivity index is 1.61. The van der Waals surface area contributed by atoms with Gasteiger partial charge < -0.3 is 10.6 Å². The highest BCUT2D eigenvalue weighted by molar-refractivity contribution is 6.00. The Bertz CT molecular complexity index is 1050. The summed E-state index contributed by atoms with van der Waals surface area (Å²) in [6, 6.07) is 8.98. The van der Waals surface area contributed by atoms with Gasteiger partial charge in [-0.15, -0.1) is 0 Å². The number of halogens is 2. The van der Waals surface area contributed by atoms with Gasteiger partial charge in [-0.05, 0) is 49.7 Å². The van der Waals surface area contributed by atoms with Gasteiger partial charge in [0.2, 0.25) is 5.91 Å². The highest BCUT2D eigenvalue weighted by atomic mass is 19.1. The monoisotopic (exact) mass is 382 g/mol. The van der Waals surface area contributed by atoms with E-state index >= 15 is 0 Å². The zero-order chi connectivity index (χ0) is 19.7. The number of nitrogens with one attached hydrogen (secondary N) is 3. The molecule has 1 fully saturated rings. The minimum Gasteiger partial charge on any atom is -0.323 e. The molecule has 1 aliphatic rings. The van der Waals surface area contributed by atoms with Crippen molar-refractivity contribution in [1.82, 2.24) is 15.5 Å². The summed E-state index contributed by atoms with van der Waals surface area (Å²) < 4.78 is 27.5. The molecular formula is C21H20F2N4O. The fourth-order valence-electron chi connectivity index (χ4n) is 3.26. The number of hydrogen-bond acceptors (Lipinski definition) is 3. The zero-order valence-corrected chi connectivity index (χ0v) is 15.4. The molecule has 0 radical (unpaired) electrons. The lowest BCUT2D eigenvalue weighted by molar-refractivity contribution is -0.121. The second-order valence-electron chi connectivity index (χ2n) is 7.14. The third-order valence-corrected chi connectivity index (χ3v) is 5.08. The van der Waals surface area contributed by atoms with Gasteiger partial charge in [-0.25, -0.2) is 8.78 Å². The minimum absolute atomic E-state index is 0.137. The molecule has 1 amide bonds. The van der Waals surface area contributed by atoms with Gasteiger partial charge in [-0.1, -0.05) is 18.2 Å². The molecule has 0 bridgehead atoms. The maximum Gasteiger partial charge on any atom is 0.231 e. The molecule has 3 aromatic rings. The van der Waals surface area contributed by atoms with Crippen LogP contribution in [-0.2, 0) is 4.79 Å². The standard InChI is InChI=1S/C21H20F2N4O/c1-24-12-21(8-9-21)20(28)25-19-10-15-17(26-27-18(15)11-16(19)23)7-4-13-2-5-14(22)6-3-13/h2-7,10-11,24H,8-9,12H2,1H3,(H,25,28)(H,26,27). The molecule has 0 unspecified atom stereocenters. The van der Waals surface area contributed by atoms with E-state index < -0.39 is 11.2 Å².